The van der Waals surface area contributed by atoms with Gasteiger partial charge in [-0.3, -0.25) is 10.1 Å². The number of imidazole rings is 1. The number of carbonyl (C=O) groups is 1. The predicted octanol–water partition coefficient (Wildman–Crippen LogP) is 2.88. The monoisotopic (exact) mass is 243 g/mol. The molecule has 0 aliphatic rings. The summed E-state index contributed by atoms with van der Waals surface area (Å²) in [5, 5.41) is 6.41. The van der Waals surface area contributed by atoms with E-state index in [4.69, 9.17) is 0 Å². The highest BCUT2D eigenvalue weighted by Crippen LogP contribution is 2.14. The average molecular weight is 243 g/mol. The highest BCUT2D eigenvalue weighted by molar-refractivity contribution is 7.08. The molecule has 0 atom stereocenters. The number of hydrogen-bond acceptors (Lipinski definition) is 3. The van der Waals surface area contributed by atoms with Crippen molar-refractivity contribution in [2.24, 2.45) is 0 Å². The number of aromatic amines is 1. The topological polar surface area (TPSA) is 57.8 Å². The number of hydrogen-bond donors (Lipinski definition) is 2. The normalized spacial score (nSPS) is 10.6. The second-order valence-electron chi connectivity index (χ2n) is 3.57. The minimum Gasteiger partial charge on any atom is -0.324 e. The van der Waals surface area contributed by atoms with Crippen LogP contribution >= 0.6 is 11.3 Å². The molecule has 2 N–H and O–H groups in total. The van der Waals surface area contributed by atoms with E-state index in [-0.39, 0.29) is 5.91 Å². The summed E-state index contributed by atoms with van der Waals surface area (Å²) in [5.74, 6) is 0.327. The van der Waals surface area contributed by atoms with Crippen molar-refractivity contribution in [3.63, 3.8) is 0 Å². The first-order valence-corrected chi connectivity index (χ1v) is 6.05. The first kappa shape index (κ1) is 10.0. The number of amides is 1. The Morgan fingerprint density at radius 1 is 1.29 bits per heavy atom. The van der Waals surface area contributed by atoms with Crippen molar-refractivity contribution in [3.8, 4) is 0 Å². The molecule has 1 amide bonds. The van der Waals surface area contributed by atoms with Gasteiger partial charge in [-0.25, -0.2) is 4.98 Å². The predicted molar refractivity (Wildman–Crippen MR) is 68.4 cm³/mol. The summed E-state index contributed by atoms with van der Waals surface area (Å²) in [6.45, 7) is 0. The Labute approximate surface area is 101 Å². The maximum absolute atomic E-state index is 11.8. The van der Waals surface area contributed by atoms with E-state index < -0.39 is 0 Å². The van der Waals surface area contributed by atoms with E-state index in [9.17, 15) is 4.79 Å². The fourth-order valence-corrected chi connectivity index (χ4v) is 2.22. The second-order valence-corrected chi connectivity index (χ2v) is 4.35. The second kappa shape index (κ2) is 4.03. The van der Waals surface area contributed by atoms with Crippen molar-refractivity contribution in [3.05, 3.63) is 46.7 Å². The summed E-state index contributed by atoms with van der Waals surface area (Å²) in [5.41, 5.74) is 2.40. The zero-order valence-electron chi connectivity index (χ0n) is 8.81. The van der Waals surface area contributed by atoms with Crippen LogP contribution in [0.1, 0.15) is 10.4 Å². The molecule has 2 heterocycles. The molecule has 4 nitrogen and oxygen atoms in total. The van der Waals surface area contributed by atoms with Gasteiger partial charge in [-0.15, -0.1) is 0 Å². The molecule has 17 heavy (non-hydrogen) atoms. The Kier molecular flexibility index (Phi) is 2.38. The van der Waals surface area contributed by atoms with Gasteiger partial charge < -0.3 is 4.98 Å². The van der Waals surface area contributed by atoms with E-state index in [0.717, 1.165) is 11.0 Å². The molecule has 5 heteroatoms. The third kappa shape index (κ3) is 1.92. The van der Waals surface area contributed by atoms with E-state index in [1.165, 1.54) is 11.3 Å². The van der Waals surface area contributed by atoms with Gasteiger partial charge in [0.05, 0.1) is 16.6 Å². The Morgan fingerprint density at radius 2 is 2.18 bits per heavy atom. The van der Waals surface area contributed by atoms with Gasteiger partial charge in [0.15, 0.2) is 0 Å². The molecule has 3 rings (SSSR count). The van der Waals surface area contributed by atoms with Crippen LogP contribution in [0.15, 0.2) is 41.1 Å². The average Bonchev–Trinajstić information content (AvgIpc) is 2.97. The number of para-hydroxylation sites is 2. The third-order valence-corrected chi connectivity index (χ3v) is 3.09. The number of benzene rings is 1. The highest BCUT2D eigenvalue weighted by Gasteiger charge is 2.08. The zero-order valence-corrected chi connectivity index (χ0v) is 9.62. The summed E-state index contributed by atoms with van der Waals surface area (Å²) in [6, 6.07) is 9.43. The number of fused-ring (bicyclic) bond motifs is 1. The molecule has 3 aromatic rings. The molecule has 0 spiro atoms. The summed E-state index contributed by atoms with van der Waals surface area (Å²) in [4.78, 5) is 19.1. The number of H-pyrrole nitrogens is 1. The molecule has 0 bridgehead atoms. The Balaban J connectivity index is 1.88. The number of aromatic nitrogens is 2. The van der Waals surface area contributed by atoms with Gasteiger partial charge in [-0.1, -0.05) is 12.1 Å². The van der Waals surface area contributed by atoms with Crippen molar-refractivity contribution in [1.82, 2.24) is 9.97 Å². The van der Waals surface area contributed by atoms with E-state index in [1.807, 2.05) is 29.6 Å². The SMILES string of the molecule is O=C(Nc1nc2ccccc2[nH]1)c1ccsc1. The van der Waals surface area contributed by atoms with Crippen LogP contribution in [-0.2, 0) is 0 Å². The molecule has 0 unspecified atom stereocenters. The molecule has 0 aliphatic carbocycles. The molecule has 0 saturated heterocycles. The number of carbonyl (C=O) groups excluding carboxylic acids is 1. The van der Waals surface area contributed by atoms with Crippen LogP contribution in [0, 0.1) is 0 Å². The molecular weight excluding hydrogens is 234 g/mol. The fraction of sp³-hybridized carbons (Fsp3) is 0. The number of rotatable bonds is 2. The van der Waals surface area contributed by atoms with Crippen LogP contribution in [-0.4, -0.2) is 15.9 Å². The maximum atomic E-state index is 11.8. The summed E-state index contributed by atoms with van der Waals surface area (Å²) in [6.07, 6.45) is 0. The lowest BCUT2D eigenvalue weighted by atomic mass is 10.3. The molecule has 0 radical (unpaired) electrons. The number of thiophene rings is 1. The van der Waals surface area contributed by atoms with Gasteiger partial charge in [-0.2, -0.15) is 11.3 Å². The van der Waals surface area contributed by atoms with E-state index in [2.05, 4.69) is 15.3 Å². The molecule has 1 aromatic carbocycles. The Morgan fingerprint density at radius 3 is 2.94 bits per heavy atom. The van der Waals surface area contributed by atoms with Crippen LogP contribution in [0.4, 0.5) is 5.95 Å². The molecule has 0 saturated carbocycles. The van der Waals surface area contributed by atoms with Crippen molar-refractivity contribution >= 4 is 34.2 Å². The van der Waals surface area contributed by atoms with Gasteiger partial charge in [0.2, 0.25) is 5.95 Å². The van der Waals surface area contributed by atoms with Crippen LogP contribution in [0.3, 0.4) is 0 Å². The van der Waals surface area contributed by atoms with E-state index >= 15 is 0 Å². The van der Waals surface area contributed by atoms with Crippen LogP contribution < -0.4 is 5.32 Å². The number of nitrogens with zero attached hydrogens (tertiary/aromatic N) is 1. The van der Waals surface area contributed by atoms with Crippen LogP contribution in [0.5, 0.6) is 0 Å². The molecular formula is C12H9N3OS. The molecule has 84 valence electrons. The molecule has 2 aromatic heterocycles. The first-order chi connectivity index (χ1) is 8.33. The van der Waals surface area contributed by atoms with E-state index in [0.29, 0.717) is 11.5 Å². The fourth-order valence-electron chi connectivity index (χ4n) is 1.59. The zero-order chi connectivity index (χ0) is 11.7. The Bertz CT molecular complexity index is 624. The van der Waals surface area contributed by atoms with Crippen molar-refractivity contribution in [2.45, 2.75) is 0 Å². The van der Waals surface area contributed by atoms with Gasteiger partial charge in [0, 0.05) is 5.38 Å². The smallest absolute Gasteiger partial charge is 0.258 e. The molecule has 0 aliphatic heterocycles. The number of anilines is 1. The van der Waals surface area contributed by atoms with Crippen LogP contribution in [0.2, 0.25) is 0 Å². The summed E-state index contributed by atoms with van der Waals surface area (Å²) >= 11 is 1.49. The van der Waals surface area contributed by atoms with Gasteiger partial charge in [0.1, 0.15) is 0 Å². The lowest BCUT2D eigenvalue weighted by molar-refractivity contribution is 0.102. The number of nitrogens with one attached hydrogen (secondary N) is 2. The van der Waals surface area contributed by atoms with Crippen molar-refractivity contribution in [1.29, 1.82) is 0 Å². The van der Waals surface area contributed by atoms with E-state index in [1.54, 1.807) is 11.4 Å². The largest absolute Gasteiger partial charge is 0.324 e. The van der Waals surface area contributed by atoms with Crippen molar-refractivity contribution in [2.75, 3.05) is 5.32 Å². The molecule has 0 fully saturated rings. The van der Waals surface area contributed by atoms with Crippen molar-refractivity contribution < 1.29 is 4.79 Å². The first-order valence-electron chi connectivity index (χ1n) is 5.11. The van der Waals surface area contributed by atoms with Gasteiger partial charge in [0.25, 0.3) is 5.91 Å². The Hall–Kier alpha value is -2.14. The van der Waals surface area contributed by atoms with Crippen LogP contribution in [0.25, 0.3) is 11.0 Å². The van der Waals surface area contributed by atoms with Gasteiger partial charge in [-0.05, 0) is 23.6 Å². The quantitative estimate of drug-likeness (QED) is 0.727. The third-order valence-electron chi connectivity index (χ3n) is 2.40. The minimum atomic E-state index is -0.148. The standard InChI is InChI=1S/C12H9N3OS/c16-11(8-5-6-17-7-8)15-12-13-9-3-1-2-4-10(9)14-12/h1-7H,(H2,13,14,15,16). The lowest BCUT2D eigenvalue weighted by Gasteiger charge is -1.97. The highest BCUT2D eigenvalue weighted by atomic mass is 32.1. The minimum absolute atomic E-state index is 0.148. The van der Waals surface area contributed by atoms with Gasteiger partial charge >= 0.3 is 0 Å². The lowest BCUT2D eigenvalue weighted by Crippen LogP contribution is -2.11. The maximum Gasteiger partial charge on any atom is 0.258 e. The summed E-state index contributed by atoms with van der Waals surface area (Å²) in [7, 11) is 0. The summed E-state index contributed by atoms with van der Waals surface area (Å²) < 4.78 is 0.